The lowest BCUT2D eigenvalue weighted by molar-refractivity contribution is 0.00781. The van der Waals surface area contributed by atoms with E-state index in [4.69, 9.17) is 10.5 Å². The molecule has 0 radical (unpaired) electrons. The van der Waals surface area contributed by atoms with Crippen molar-refractivity contribution >= 4 is 11.7 Å². The Morgan fingerprint density at radius 3 is 2.47 bits per heavy atom. The third-order valence-electron chi connectivity index (χ3n) is 3.65. The summed E-state index contributed by atoms with van der Waals surface area (Å²) in [5.41, 5.74) is 6.14. The van der Waals surface area contributed by atoms with Crippen LogP contribution in [-0.4, -0.2) is 17.2 Å². The van der Waals surface area contributed by atoms with Gasteiger partial charge in [-0.2, -0.15) is 0 Å². The number of esters is 1. The van der Waals surface area contributed by atoms with E-state index in [1.54, 1.807) is 6.07 Å². The molecule has 1 fully saturated rings. The second kappa shape index (κ2) is 5.51. The maximum Gasteiger partial charge on any atom is 0.342 e. The van der Waals surface area contributed by atoms with Gasteiger partial charge >= 0.3 is 5.97 Å². The third-order valence-corrected chi connectivity index (χ3v) is 3.65. The summed E-state index contributed by atoms with van der Waals surface area (Å²) in [5.74, 6) is 0.550. The summed E-state index contributed by atoms with van der Waals surface area (Å²) < 4.78 is 5.50. The number of hydrogen-bond acceptors (Lipinski definition) is 4. The highest BCUT2D eigenvalue weighted by Crippen LogP contribution is 2.31. The van der Waals surface area contributed by atoms with E-state index in [2.05, 4.69) is 13.8 Å². The van der Waals surface area contributed by atoms with E-state index in [9.17, 15) is 9.90 Å². The molecule has 1 aliphatic carbocycles. The number of aromatic hydroxyl groups is 1. The first-order valence-electron chi connectivity index (χ1n) is 6.75. The molecule has 1 aromatic carbocycles. The normalized spacial score (nSPS) is 26.9. The number of carbonyl (C=O) groups is 1. The SMILES string of the molecule is CC1CC(C)CC(OC(=O)c2ccc(N)cc2O)C1. The molecule has 0 saturated heterocycles. The first-order valence-corrected chi connectivity index (χ1v) is 6.75. The Morgan fingerprint density at radius 1 is 1.26 bits per heavy atom. The van der Waals surface area contributed by atoms with Crippen molar-refractivity contribution in [3.8, 4) is 5.75 Å². The topological polar surface area (TPSA) is 72.5 Å². The maximum atomic E-state index is 12.0. The highest BCUT2D eigenvalue weighted by Gasteiger charge is 2.27. The van der Waals surface area contributed by atoms with Gasteiger partial charge in [0.15, 0.2) is 0 Å². The summed E-state index contributed by atoms with van der Waals surface area (Å²) in [6.07, 6.45) is 2.92. The number of ether oxygens (including phenoxy) is 1. The van der Waals surface area contributed by atoms with E-state index in [0.29, 0.717) is 17.5 Å². The van der Waals surface area contributed by atoms with Gasteiger partial charge in [-0.15, -0.1) is 0 Å². The average Bonchev–Trinajstić information content (AvgIpc) is 2.26. The number of nitrogen functional groups attached to an aromatic ring is 1. The van der Waals surface area contributed by atoms with Gasteiger partial charge in [-0.1, -0.05) is 13.8 Å². The second-order valence-electron chi connectivity index (χ2n) is 5.72. The zero-order valence-electron chi connectivity index (χ0n) is 11.4. The van der Waals surface area contributed by atoms with Gasteiger partial charge in [0.05, 0.1) is 0 Å². The molecule has 19 heavy (non-hydrogen) atoms. The quantitative estimate of drug-likeness (QED) is 0.635. The van der Waals surface area contributed by atoms with Gasteiger partial charge < -0.3 is 15.6 Å². The Hall–Kier alpha value is -1.71. The molecule has 2 unspecified atom stereocenters. The number of anilines is 1. The van der Waals surface area contributed by atoms with Crippen molar-refractivity contribution in [3.05, 3.63) is 23.8 Å². The first-order chi connectivity index (χ1) is 8.95. The van der Waals surface area contributed by atoms with Crippen LogP contribution in [0, 0.1) is 11.8 Å². The molecule has 3 N–H and O–H groups in total. The standard InChI is InChI=1S/C15H21NO3/c1-9-5-10(2)7-12(6-9)19-15(18)13-4-3-11(16)8-14(13)17/h3-4,8-10,12,17H,5-7,16H2,1-2H3. The van der Waals surface area contributed by atoms with Crippen LogP contribution in [0.25, 0.3) is 0 Å². The zero-order chi connectivity index (χ0) is 14.0. The molecule has 0 bridgehead atoms. The number of nitrogens with two attached hydrogens (primary N) is 1. The molecule has 2 atom stereocenters. The van der Waals surface area contributed by atoms with E-state index in [0.717, 1.165) is 12.8 Å². The molecular weight excluding hydrogens is 242 g/mol. The van der Waals surface area contributed by atoms with Crippen LogP contribution < -0.4 is 5.73 Å². The summed E-state index contributed by atoms with van der Waals surface area (Å²) in [7, 11) is 0. The average molecular weight is 263 g/mol. The predicted molar refractivity (Wildman–Crippen MR) is 73.9 cm³/mol. The summed E-state index contributed by atoms with van der Waals surface area (Å²) in [4.78, 5) is 12.0. The molecule has 0 spiro atoms. The van der Waals surface area contributed by atoms with Crippen molar-refractivity contribution in [2.24, 2.45) is 11.8 Å². The van der Waals surface area contributed by atoms with E-state index < -0.39 is 5.97 Å². The third kappa shape index (κ3) is 3.40. The summed E-state index contributed by atoms with van der Waals surface area (Å²) in [6.45, 7) is 4.36. The molecule has 104 valence electrons. The molecule has 0 aliphatic heterocycles. The van der Waals surface area contributed by atoms with Gasteiger partial charge in [0.1, 0.15) is 17.4 Å². The summed E-state index contributed by atoms with van der Waals surface area (Å²) in [5, 5.41) is 9.71. The Labute approximate surface area is 113 Å². The fourth-order valence-corrected chi connectivity index (χ4v) is 2.91. The van der Waals surface area contributed by atoms with Crippen molar-refractivity contribution in [1.82, 2.24) is 0 Å². The van der Waals surface area contributed by atoms with Gasteiger partial charge in [0.25, 0.3) is 0 Å². The van der Waals surface area contributed by atoms with E-state index >= 15 is 0 Å². The van der Waals surface area contributed by atoms with Gasteiger partial charge in [-0.25, -0.2) is 4.79 Å². The minimum atomic E-state index is -0.469. The van der Waals surface area contributed by atoms with Gasteiger partial charge in [0, 0.05) is 11.8 Å². The second-order valence-corrected chi connectivity index (χ2v) is 5.72. The molecule has 0 aromatic heterocycles. The van der Waals surface area contributed by atoms with Gasteiger partial charge in [0.2, 0.25) is 0 Å². The minimum absolute atomic E-state index is 0.0526. The molecule has 0 amide bonds. The fourth-order valence-electron chi connectivity index (χ4n) is 2.91. The van der Waals surface area contributed by atoms with Crippen molar-refractivity contribution < 1.29 is 14.6 Å². The number of benzene rings is 1. The van der Waals surface area contributed by atoms with Crippen LogP contribution in [0.3, 0.4) is 0 Å². The molecule has 1 saturated carbocycles. The number of phenols is 1. The number of rotatable bonds is 2. The van der Waals surface area contributed by atoms with Crippen molar-refractivity contribution in [2.45, 2.75) is 39.2 Å². The molecule has 4 nitrogen and oxygen atoms in total. The van der Waals surface area contributed by atoms with Crippen LogP contribution in [0.5, 0.6) is 5.75 Å². The largest absolute Gasteiger partial charge is 0.507 e. The fraction of sp³-hybridized carbons (Fsp3) is 0.533. The van der Waals surface area contributed by atoms with Crippen LogP contribution in [0.4, 0.5) is 5.69 Å². The Morgan fingerprint density at radius 2 is 1.89 bits per heavy atom. The van der Waals surface area contributed by atoms with Crippen LogP contribution in [-0.2, 0) is 4.74 Å². The molecule has 0 heterocycles. The Kier molecular flexibility index (Phi) is 3.98. The number of hydrogen-bond donors (Lipinski definition) is 2. The highest BCUT2D eigenvalue weighted by atomic mass is 16.5. The molecule has 1 aromatic rings. The maximum absolute atomic E-state index is 12.0. The van der Waals surface area contributed by atoms with Crippen molar-refractivity contribution in [3.63, 3.8) is 0 Å². The lowest BCUT2D eigenvalue weighted by Crippen LogP contribution is -2.28. The Bertz CT molecular complexity index is 462. The van der Waals surface area contributed by atoms with Crippen LogP contribution in [0.1, 0.15) is 43.5 Å². The van der Waals surface area contributed by atoms with Gasteiger partial charge in [-0.05, 0) is 43.2 Å². The number of phenolic OH excluding ortho intramolecular Hbond substituents is 1. The molecule has 2 rings (SSSR count). The Balaban J connectivity index is 2.04. The van der Waals surface area contributed by atoms with E-state index in [1.807, 2.05) is 0 Å². The number of carbonyl (C=O) groups excluding carboxylic acids is 1. The summed E-state index contributed by atoms with van der Waals surface area (Å²) >= 11 is 0. The minimum Gasteiger partial charge on any atom is -0.507 e. The van der Waals surface area contributed by atoms with Crippen molar-refractivity contribution in [2.75, 3.05) is 5.73 Å². The lowest BCUT2D eigenvalue weighted by Gasteiger charge is -2.31. The van der Waals surface area contributed by atoms with E-state index in [1.165, 1.54) is 18.6 Å². The predicted octanol–water partition coefficient (Wildman–Crippen LogP) is 2.96. The van der Waals surface area contributed by atoms with Gasteiger partial charge in [-0.3, -0.25) is 0 Å². The molecule has 4 heteroatoms. The molecular formula is C15H21NO3. The first kappa shape index (κ1) is 13.7. The smallest absolute Gasteiger partial charge is 0.342 e. The van der Waals surface area contributed by atoms with Crippen LogP contribution in [0.15, 0.2) is 18.2 Å². The zero-order valence-corrected chi connectivity index (χ0v) is 11.4. The van der Waals surface area contributed by atoms with Crippen LogP contribution >= 0.6 is 0 Å². The van der Waals surface area contributed by atoms with Crippen LogP contribution in [0.2, 0.25) is 0 Å². The molecule has 1 aliphatic rings. The highest BCUT2D eigenvalue weighted by molar-refractivity contribution is 5.93. The summed E-state index contributed by atoms with van der Waals surface area (Å²) in [6, 6.07) is 4.45. The monoisotopic (exact) mass is 263 g/mol. The van der Waals surface area contributed by atoms with E-state index in [-0.39, 0.29) is 17.4 Å². The lowest BCUT2D eigenvalue weighted by atomic mass is 9.82. The van der Waals surface area contributed by atoms with Crippen molar-refractivity contribution in [1.29, 1.82) is 0 Å².